The van der Waals surface area contributed by atoms with Gasteiger partial charge < -0.3 is 14.8 Å². The molecule has 8 heteroatoms. The monoisotopic (exact) mass is 474 g/mol. The lowest BCUT2D eigenvalue weighted by Crippen LogP contribution is -2.44. The Morgan fingerprint density at radius 3 is 2.06 bits per heavy atom. The number of nitro benzene ring substituents is 1. The van der Waals surface area contributed by atoms with Crippen molar-refractivity contribution in [3.8, 4) is 16.9 Å². The first-order valence-electron chi connectivity index (χ1n) is 11.4. The molecule has 8 nitrogen and oxygen atoms in total. The van der Waals surface area contributed by atoms with Gasteiger partial charge in [-0.05, 0) is 46.7 Å². The quantitative estimate of drug-likeness (QED) is 0.201. The molecule has 0 heterocycles. The number of nitrogens with one attached hydrogen (secondary N) is 1. The van der Waals surface area contributed by atoms with Crippen molar-refractivity contribution in [2.24, 2.45) is 5.92 Å². The summed E-state index contributed by atoms with van der Waals surface area (Å²) < 4.78 is 10.9. The van der Waals surface area contributed by atoms with Gasteiger partial charge in [0.05, 0.1) is 4.92 Å². The number of non-ortho nitro benzene ring substituents is 1. The molecule has 4 rings (SSSR count). The SMILES string of the molecule is CC(C)C[C@H](NC(=O)OCC1c2ccccc2-c2ccccc21)C(=O)Oc1ccc([N+](=O)[O-])cc1. The summed E-state index contributed by atoms with van der Waals surface area (Å²) in [5, 5.41) is 13.4. The van der Waals surface area contributed by atoms with E-state index in [0.29, 0.717) is 6.42 Å². The zero-order valence-electron chi connectivity index (χ0n) is 19.5. The van der Waals surface area contributed by atoms with E-state index < -0.39 is 23.0 Å². The summed E-state index contributed by atoms with van der Waals surface area (Å²) in [4.78, 5) is 35.7. The van der Waals surface area contributed by atoms with Crippen molar-refractivity contribution in [2.75, 3.05) is 6.61 Å². The van der Waals surface area contributed by atoms with Crippen LogP contribution < -0.4 is 10.1 Å². The molecule has 1 aliphatic rings. The highest BCUT2D eigenvalue weighted by Gasteiger charge is 2.30. The molecule has 0 saturated heterocycles. The third-order valence-corrected chi connectivity index (χ3v) is 5.89. The summed E-state index contributed by atoms with van der Waals surface area (Å²) in [5.74, 6) is -0.508. The molecule has 0 saturated carbocycles. The highest BCUT2D eigenvalue weighted by atomic mass is 16.6. The maximum absolute atomic E-state index is 12.8. The van der Waals surface area contributed by atoms with E-state index in [9.17, 15) is 19.7 Å². The molecule has 0 radical (unpaired) electrons. The number of rotatable bonds is 8. The van der Waals surface area contributed by atoms with Gasteiger partial charge in [-0.2, -0.15) is 0 Å². The van der Waals surface area contributed by atoms with E-state index in [0.717, 1.165) is 22.3 Å². The molecule has 0 spiro atoms. The van der Waals surface area contributed by atoms with Crippen LogP contribution in [0.5, 0.6) is 5.75 Å². The summed E-state index contributed by atoms with van der Waals surface area (Å²) >= 11 is 0. The van der Waals surface area contributed by atoms with E-state index in [1.807, 2.05) is 50.2 Å². The molecular formula is C27H26N2O6. The standard InChI is InChI=1S/C27H26N2O6/c1-17(2)15-25(26(30)35-19-13-11-18(12-14-19)29(32)33)28-27(31)34-16-24-22-9-5-3-7-20(22)21-8-4-6-10-23(21)24/h3-14,17,24-25H,15-16H2,1-2H3,(H,28,31)/t25-/m0/s1. The lowest BCUT2D eigenvalue weighted by atomic mass is 9.98. The van der Waals surface area contributed by atoms with Crippen molar-refractivity contribution in [3.05, 3.63) is 94.0 Å². The van der Waals surface area contributed by atoms with Gasteiger partial charge in [0.25, 0.3) is 5.69 Å². The first-order chi connectivity index (χ1) is 16.8. The molecule has 180 valence electrons. The summed E-state index contributed by atoms with van der Waals surface area (Å²) in [5.41, 5.74) is 4.33. The normalized spacial score (nSPS) is 13.0. The minimum Gasteiger partial charge on any atom is -0.449 e. The second-order valence-electron chi connectivity index (χ2n) is 8.82. The molecule has 0 bridgehead atoms. The van der Waals surface area contributed by atoms with Gasteiger partial charge in [-0.25, -0.2) is 9.59 Å². The Balaban J connectivity index is 1.41. The number of hydrogen-bond acceptors (Lipinski definition) is 6. The van der Waals surface area contributed by atoms with Crippen molar-refractivity contribution in [1.82, 2.24) is 5.32 Å². The van der Waals surface area contributed by atoms with Gasteiger partial charge in [-0.3, -0.25) is 10.1 Å². The van der Waals surface area contributed by atoms with E-state index in [1.54, 1.807) is 0 Å². The molecule has 35 heavy (non-hydrogen) atoms. The van der Waals surface area contributed by atoms with Crippen LogP contribution in [0.3, 0.4) is 0 Å². The first kappa shape index (κ1) is 23.9. The minimum atomic E-state index is -0.930. The van der Waals surface area contributed by atoms with Crippen molar-refractivity contribution in [2.45, 2.75) is 32.2 Å². The third kappa shape index (κ3) is 5.48. The molecule has 0 aromatic heterocycles. The van der Waals surface area contributed by atoms with E-state index in [1.165, 1.54) is 24.3 Å². The van der Waals surface area contributed by atoms with Gasteiger partial charge in [0, 0.05) is 18.1 Å². The number of benzene rings is 3. The Bertz CT molecular complexity index is 1190. The third-order valence-electron chi connectivity index (χ3n) is 5.89. The molecule has 0 unspecified atom stereocenters. The summed E-state index contributed by atoms with van der Waals surface area (Å²) in [6, 6.07) is 20.3. The molecule has 1 amide bonds. The van der Waals surface area contributed by atoms with Gasteiger partial charge in [-0.1, -0.05) is 62.4 Å². The van der Waals surface area contributed by atoms with E-state index in [2.05, 4.69) is 17.4 Å². The molecule has 3 aromatic carbocycles. The fraction of sp³-hybridized carbons (Fsp3) is 0.259. The van der Waals surface area contributed by atoms with E-state index >= 15 is 0 Å². The van der Waals surface area contributed by atoms with Crippen LogP contribution in [0.15, 0.2) is 72.8 Å². The van der Waals surface area contributed by atoms with Crippen molar-refractivity contribution in [3.63, 3.8) is 0 Å². The Morgan fingerprint density at radius 2 is 1.51 bits per heavy atom. The van der Waals surface area contributed by atoms with Crippen LogP contribution in [0, 0.1) is 16.0 Å². The maximum Gasteiger partial charge on any atom is 0.407 e. The van der Waals surface area contributed by atoms with Crippen molar-refractivity contribution in [1.29, 1.82) is 0 Å². The molecule has 1 aliphatic carbocycles. The summed E-state index contributed by atoms with van der Waals surface area (Å²) in [7, 11) is 0. The first-order valence-corrected chi connectivity index (χ1v) is 11.4. The predicted molar refractivity (Wildman–Crippen MR) is 130 cm³/mol. The maximum atomic E-state index is 12.8. The fourth-order valence-electron chi connectivity index (χ4n) is 4.29. The van der Waals surface area contributed by atoms with Crippen molar-refractivity contribution >= 4 is 17.7 Å². The number of nitro groups is 1. The van der Waals surface area contributed by atoms with Gasteiger partial charge in [0.1, 0.15) is 18.4 Å². The summed E-state index contributed by atoms with van der Waals surface area (Å²) in [6.45, 7) is 3.97. The highest BCUT2D eigenvalue weighted by molar-refractivity contribution is 5.83. The second kappa shape index (κ2) is 10.4. The Labute approximate surface area is 203 Å². The molecule has 1 atom stereocenters. The lowest BCUT2D eigenvalue weighted by molar-refractivity contribution is -0.384. The van der Waals surface area contributed by atoms with Crippen LogP contribution in [0.2, 0.25) is 0 Å². The van der Waals surface area contributed by atoms with E-state index in [-0.39, 0.29) is 29.9 Å². The number of nitrogens with zero attached hydrogens (tertiary/aromatic N) is 1. The van der Waals surface area contributed by atoms with Gasteiger partial charge in [0.15, 0.2) is 0 Å². The number of amides is 1. The van der Waals surface area contributed by atoms with Gasteiger partial charge in [0.2, 0.25) is 0 Å². The molecule has 3 aromatic rings. The number of fused-ring (bicyclic) bond motifs is 3. The summed E-state index contributed by atoms with van der Waals surface area (Å²) in [6.07, 6.45) is -0.367. The zero-order valence-corrected chi connectivity index (χ0v) is 19.5. The van der Waals surface area contributed by atoms with Crippen LogP contribution in [0.25, 0.3) is 11.1 Å². The fourth-order valence-corrected chi connectivity index (χ4v) is 4.29. The van der Waals surface area contributed by atoms with Crippen LogP contribution in [0.4, 0.5) is 10.5 Å². The largest absolute Gasteiger partial charge is 0.449 e. The number of esters is 1. The highest BCUT2D eigenvalue weighted by Crippen LogP contribution is 2.44. The lowest BCUT2D eigenvalue weighted by Gasteiger charge is -2.20. The van der Waals surface area contributed by atoms with Crippen LogP contribution >= 0.6 is 0 Å². The molecule has 1 N–H and O–H groups in total. The van der Waals surface area contributed by atoms with Crippen LogP contribution in [-0.2, 0) is 9.53 Å². The minimum absolute atomic E-state index is 0.0937. The number of hydrogen-bond donors (Lipinski definition) is 1. The van der Waals surface area contributed by atoms with E-state index in [4.69, 9.17) is 9.47 Å². The number of ether oxygens (including phenoxy) is 2. The molecular weight excluding hydrogens is 448 g/mol. The smallest absolute Gasteiger partial charge is 0.407 e. The molecule has 0 aliphatic heterocycles. The zero-order chi connectivity index (χ0) is 24.9. The van der Waals surface area contributed by atoms with Crippen molar-refractivity contribution < 1.29 is 24.0 Å². The van der Waals surface area contributed by atoms with Crippen LogP contribution in [-0.4, -0.2) is 29.6 Å². The van der Waals surface area contributed by atoms with Crippen LogP contribution in [0.1, 0.15) is 37.3 Å². The van der Waals surface area contributed by atoms with Gasteiger partial charge in [-0.15, -0.1) is 0 Å². The average molecular weight is 475 g/mol. The Hall–Kier alpha value is -4.20. The van der Waals surface area contributed by atoms with Gasteiger partial charge >= 0.3 is 12.1 Å². The average Bonchev–Trinajstić information content (AvgIpc) is 3.16. The Kier molecular flexibility index (Phi) is 7.10. The number of carbonyl (C=O) groups excluding carboxylic acids is 2. The Morgan fingerprint density at radius 1 is 0.943 bits per heavy atom. The number of alkyl carbamates (subject to hydrolysis) is 1. The molecule has 0 fully saturated rings. The second-order valence-corrected chi connectivity index (χ2v) is 8.82. The topological polar surface area (TPSA) is 108 Å². The predicted octanol–water partition coefficient (Wildman–Crippen LogP) is 5.45. The number of carbonyl (C=O) groups is 2.